The molecule has 1 fully saturated rings. The first kappa shape index (κ1) is 19.5. The number of halogens is 1. The fraction of sp³-hybridized carbons (Fsp3) is 0.167. The third-order valence-corrected chi connectivity index (χ3v) is 5.81. The summed E-state index contributed by atoms with van der Waals surface area (Å²) < 4.78 is 0. The van der Waals surface area contributed by atoms with E-state index in [2.05, 4.69) is 20.9 Å². The molecule has 1 aliphatic rings. The predicted molar refractivity (Wildman–Crippen MR) is 121 cm³/mol. The molecule has 5 rings (SSSR count). The van der Waals surface area contributed by atoms with Crippen molar-refractivity contribution in [1.82, 2.24) is 14.9 Å². The SMILES string of the molecule is O=C(c1cc(-c2ccncc2)nc2ccc(Cl)cc12)N1CCN(c2cccc[nH+]2)CC1. The Morgan fingerprint density at radius 1 is 0.968 bits per heavy atom. The Labute approximate surface area is 185 Å². The molecular formula is C24H21ClN5O+. The quantitative estimate of drug-likeness (QED) is 0.497. The average molecular weight is 431 g/mol. The van der Waals surface area contributed by atoms with E-state index in [-0.39, 0.29) is 5.91 Å². The monoisotopic (exact) mass is 430 g/mol. The van der Waals surface area contributed by atoms with Gasteiger partial charge in [0.05, 0.1) is 36.1 Å². The second-order valence-corrected chi connectivity index (χ2v) is 7.92. The average Bonchev–Trinajstić information content (AvgIpc) is 2.84. The predicted octanol–water partition coefficient (Wildman–Crippen LogP) is 3.73. The molecule has 0 aliphatic carbocycles. The maximum atomic E-state index is 13.6. The number of nitrogens with one attached hydrogen (secondary N) is 1. The van der Waals surface area contributed by atoms with Crippen molar-refractivity contribution < 1.29 is 9.78 Å². The summed E-state index contributed by atoms with van der Waals surface area (Å²) in [5.41, 5.74) is 3.04. The molecule has 154 valence electrons. The molecule has 0 bridgehead atoms. The first-order chi connectivity index (χ1) is 15.2. The van der Waals surface area contributed by atoms with E-state index in [1.165, 1.54) is 0 Å². The topological polar surface area (TPSA) is 63.5 Å². The van der Waals surface area contributed by atoms with E-state index in [4.69, 9.17) is 16.6 Å². The van der Waals surface area contributed by atoms with Crippen LogP contribution in [0.1, 0.15) is 10.4 Å². The third kappa shape index (κ3) is 3.94. The molecule has 6 nitrogen and oxygen atoms in total. The van der Waals surface area contributed by atoms with E-state index in [0.29, 0.717) is 23.7 Å². The van der Waals surface area contributed by atoms with Gasteiger partial charge in [0, 0.05) is 34.4 Å². The second-order valence-electron chi connectivity index (χ2n) is 7.48. The first-order valence-corrected chi connectivity index (χ1v) is 10.6. The van der Waals surface area contributed by atoms with Gasteiger partial charge in [-0.2, -0.15) is 0 Å². The van der Waals surface area contributed by atoms with Crippen molar-refractivity contribution >= 4 is 34.2 Å². The molecule has 3 aromatic heterocycles. The molecule has 1 N–H and O–H groups in total. The van der Waals surface area contributed by atoms with E-state index < -0.39 is 0 Å². The number of amides is 1. The molecule has 0 atom stereocenters. The van der Waals surface area contributed by atoms with E-state index in [0.717, 1.165) is 41.1 Å². The smallest absolute Gasteiger partial charge is 0.274 e. The highest BCUT2D eigenvalue weighted by atomic mass is 35.5. The van der Waals surface area contributed by atoms with Gasteiger partial charge in [-0.3, -0.25) is 14.7 Å². The summed E-state index contributed by atoms with van der Waals surface area (Å²) in [6, 6.07) is 17.2. The molecule has 0 unspecified atom stereocenters. The van der Waals surface area contributed by atoms with E-state index >= 15 is 0 Å². The van der Waals surface area contributed by atoms with Crippen LogP contribution in [0.2, 0.25) is 5.02 Å². The van der Waals surface area contributed by atoms with Crippen LogP contribution < -0.4 is 9.88 Å². The third-order valence-electron chi connectivity index (χ3n) is 5.58. The van der Waals surface area contributed by atoms with E-state index in [9.17, 15) is 4.79 Å². The van der Waals surface area contributed by atoms with Crippen LogP contribution in [0.25, 0.3) is 22.2 Å². The van der Waals surface area contributed by atoms with Gasteiger partial charge in [-0.1, -0.05) is 17.7 Å². The van der Waals surface area contributed by atoms with Gasteiger partial charge in [0.1, 0.15) is 13.1 Å². The van der Waals surface area contributed by atoms with Crippen molar-refractivity contribution in [1.29, 1.82) is 0 Å². The standard InChI is InChI=1S/C24H20ClN5O/c25-18-4-5-21-19(15-18)20(16-22(28-21)17-6-9-26-10-7-17)24(31)30-13-11-29(12-14-30)23-3-1-2-8-27-23/h1-10,15-16H,11-14H2/p+1. The lowest BCUT2D eigenvalue weighted by Gasteiger charge is -2.31. The summed E-state index contributed by atoms with van der Waals surface area (Å²) >= 11 is 6.25. The summed E-state index contributed by atoms with van der Waals surface area (Å²) in [6.07, 6.45) is 5.37. The molecule has 1 saturated heterocycles. The minimum Gasteiger partial charge on any atom is -0.331 e. The molecule has 7 heteroatoms. The van der Waals surface area contributed by atoms with Crippen LogP contribution in [0.5, 0.6) is 0 Å². The van der Waals surface area contributed by atoms with Gasteiger partial charge in [-0.15, -0.1) is 0 Å². The molecule has 4 heterocycles. The van der Waals surface area contributed by atoms with Gasteiger partial charge in [-0.05, 0) is 42.5 Å². The second kappa shape index (κ2) is 8.32. The lowest BCUT2D eigenvalue weighted by atomic mass is 10.0. The number of H-pyrrole nitrogens is 1. The van der Waals surface area contributed by atoms with Gasteiger partial charge in [0.2, 0.25) is 0 Å². The largest absolute Gasteiger partial charge is 0.331 e. The Balaban J connectivity index is 1.47. The number of hydrogen-bond acceptors (Lipinski definition) is 4. The van der Waals surface area contributed by atoms with Crippen LogP contribution in [0, 0.1) is 0 Å². The van der Waals surface area contributed by atoms with Crippen molar-refractivity contribution in [2.45, 2.75) is 0 Å². The van der Waals surface area contributed by atoms with Crippen molar-refractivity contribution in [2.75, 3.05) is 31.1 Å². The maximum Gasteiger partial charge on any atom is 0.274 e. The highest BCUT2D eigenvalue weighted by Gasteiger charge is 2.28. The fourth-order valence-electron chi connectivity index (χ4n) is 3.95. The lowest BCUT2D eigenvalue weighted by molar-refractivity contribution is -0.364. The van der Waals surface area contributed by atoms with Gasteiger partial charge in [-0.25, -0.2) is 9.97 Å². The minimum atomic E-state index is 0.00154. The van der Waals surface area contributed by atoms with E-state index in [1.807, 2.05) is 53.6 Å². The zero-order chi connectivity index (χ0) is 21.2. The minimum absolute atomic E-state index is 0.00154. The number of hydrogen-bond donors (Lipinski definition) is 0. The molecule has 1 aromatic carbocycles. The van der Waals surface area contributed by atoms with Gasteiger partial charge >= 0.3 is 0 Å². The number of nitrogens with zero attached hydrogens (tertiary/aromatic N) is 4. The number of anilines is 1. The number of rotatable bonds is 3. The normalized spacial score (nSPS) is 14.1. The van der Waals surface area contributed by atoms with E-state index in [1.54, 1.807) is 18.5 Å². The first-order valence-electron chi connectivity index (χ1n) is 10.2. The molecule has 1 aliphatic heterocycles. The number of fused-ring (bicyclic) bond motifs is 1. The van der Waals surface area contributed by atoms with Gasteiger partial charge in [0.15, 0.2) is 0 Å². The highest BCUT2D eigenvalue weighted by molar-refractivity contribution is 6.31. The number of aromatic nitrogens is 3. The summed E-state index contributed by atoms with van der Waals surface area (Å²) in [7, 11) is 0. The van der Waals surface area contributed by atoms with Crippen molar-refractivity contribution in [3.63, 3.8) is 0 Å². The highest BCUT2D eigenvalue weighted by Crippen LogP contribution is 2.28. The zero-order valence-corrected chi connectivity index (χ0v) is 17.6. The van der Waals surface area contributed by atoms with Crippen LogP contribution in [-0.2, 0) is 0 Å². The molecule has 31 heavy (non-hydrogen) atoms. The van der Waals surface area contributed by atoms with Crippen molar-refractivity contribution in [3.05, 3.63) is 83.8 Å². The Hall–Kier alpha value is -3.51. The Morgan fingerprint density at radius 2 is 1.77 bits per heavy atom. The van der Waals surface area contributed by atoms with Crippen LogP contribution in [0.15, 0.2) is 73.2 Å². The molecular weight excluding hydrogens is 410 g/mol. The zero-order valence-electron chi connectivity index (χ0n) is 16.8. The maximum absolute atomic E-state index is 13.6. The molecule has 0 radical (unpaired) electrons. The summed E-state index contributed by atoms with van der Waals surface area (Å²) in [6.45, 7) is 2.84. The Kier molecular flexibility index (Phi) is 5.22. The number of carbonyl (C=O) groups excluding carboxylic acids is 1. The molecule has 4 aromatic rings. The van der Waals surface area contributed by atoms with Crippen molar-refractivity contribution in [3.8, 4) is 11.3 Å². The Bertz CT molecular complexity index is 1220. The summed E-state index contributed by atoms with van der Waals surface area (Å²) in [5, 5.41) is 1.36. The van der Waals surface area contributed by atoms with Crippen LogP contribution >= 0.6 is 11.6 Å². The number of piperazine rings is 1. The van der Waals surface area contributed by atoms with Crippen LogP contribution in [0.4, 0.5) is 5.82 Å². The van der Waals surface area contributed by atoms with Crippen LogP contribution in [0.3, 0.4) is 0 Å². The van der Waals surface area contributed by atoms with Gasteiger partial charge in [0.25, 0.3) is 11.7 Å². The van der Waals surface area contributed by atoms with Gasteiger partial charge < -0.3 is 4.90 Å². The number of carbonyl (C=O) groups is 1. The summed E-state index contributed by atoms with van der Waals surface area (Å²) in [4.78, 5) is 29.8. The van der Waals surface area contributed by atoms with Crippen LogP contribution in [-0.4, -0.2) is 47.0 Å². The fourth-order valence-corrected chi connectivity index (χ4v) is 4.12. The Morgan fingerprint density at radius 3 is 2.52 bits per heavy atom. The number of pyridine rings is 3. The number of benzene rings is 1. The molecule has 0 spiro atoms. The van der Waals surface area contributed by atoms with Crippen molar-refractivity contribution in [2.24, 2.45) is 0 Å². The molecule has 1 amide bonds. The summed E-state index contributed by atoms with van der Waals surface area (Å²) in [5.74, 6) is 1.07. The molecule has 0 saturated carbocycles. The number of aromatic amines is 1. The lowest BCUT2D eigenvalue weighted by Crippen LogP contribution is -2.50.